The fourth-order valence-corrected chi connectivity index (χ4v) is 2.43. The maximum atomic E-state index is 5.66. The molecule has 1 fully saturated rings. The lowest BCUT2D eigenvalue weighted by Crippen LogP contribution is -2.26. The molecule has 1 aliphatic carbocycles. The highest BCUT2D eigenvalue weighted by molar-refractivity contribution is 6.28. The van der Waals surface area contributed by atoms with E-state index in [9.17, 15) is 0 Å². The Morgan fingerprint density at radius 1 is 1.43 bits per heavy atom. The van der Waals surface area contributed by atoms with Crippen LogP contribution in [0.1, 0.15) is 51.3 Å². The molecule has 0 amide bonds. The van der Waals surface area contributed by atoms with Gasteiger partial charge in [-0.3, -0.25) is 0 Å². The largest absolute Gasteiger partial charge is 0.338 e. The molecule has 1 heterocycles. The maximum absolute atomic E-state index is 5.66. The second-order valence-corrected chi connectivity index (χ2v) is 5.03. The summed E-state index contributed by atoms with van der Waals surface area (Å²) >= 11 is 5.66. The Hall–Kier alpha value is -0.570. The zero-order valence-electron chi connectivity index (χ0n) is 8.59. The molecule has 0 aliphatic heterocycles. The van der Waals surface area contributed by atoms with Crippen molar-refractivity contribution in [3.05, 3.63) is 11.2 Å². The van der Waals surface area contributed by atoms with Crippen molar-refractivity contribution in [3.8, 4) is 0 Å². The van der Waals surface area contributed by atoms with Gasteiger partial charge in [-0.2, -0.15) is 4.98 Å². The van der Waals surface area contributed by atoms with Crippen molar-refractivity contribution in [3.63, 3.8) is 0 Å². The first-order valence-electron chi connectivity index (χ1n) is 5.09. The van der Waals surface area contributed by atoms with Crippen molar-refractivity contribution in [1.82, 2.24) is 10.1 Å². The molecule has 0 radical (unpaired) electrons. The molecule has 3 nitrogen and oxygen atoms in total. The highest BCUT2D eigenvalue weighted by atomic mass is 35.5. The van der Waals surface area contributed by atoms with E-state index in [1.165, 1.54) is 19.3 Å². The molecule has 1 unspecified atom stereocenters. The maximum Gasteiger partial charge on any atom is 0.263 e. The van der Waals surface area contributed by atoms with Gasteiger partial charge in [0, 0.05) is 5.92 Å². The Balaban J connectivity index is 2.23. The van der Waals surface area contributed by atoms with E-state index in [0.717, 1.165) is 6.42 Å². The Bertz CT molecular complexity index is 322. The van der Waals surface area contributed by atoms with Crippen LogP contribution < -0.4 is 0 Å². The van der Waals surface area contributed by atoms with E-state index in [1.807, 2.05) is 0 Å². The number of hydrogen-bond acceptors (Lipinski definition) is 3. The molecule has 1 aromatic rings. The van der Waals surface area contributed by atoms with Gasteiger partial charge in [0.15, 0.2) is 0 Å². The fourth-order valence-electron chi connectivity index (χ4n) is 2.31. The molecule has 78 valence electrons. The minimum Gasteiger partial charge on any atom is -0.338 e. The van der Waals surface area contributed by atoms with Crippen molar-refractivity contribution >= 4 is 11.6 Å². The van der Waals surface area contributed by atoms with Crippen molar-refractivity contribution in [2.75, 3.05) is 0 Å². The molecule has 1 aromatic heterocycles. The van der Waals surface area contributed by atoms with Gasteiger partial charge in [-0.05, 0) is 35.0 Å². The van der Waals surface area contributed by atoms with Crippen LogP contribution in [-0.4, -0.2) is 10.1 Å². The number of hydrogen-bond donors (Lipinski definition) is 0. The summed E-state index contributed by atoms with van der Waals surface area (Å²) in [6, 6.07) is 0. The summed E-state index contributed by atoms with van der Waals surface area (Å²) < 4.78 is 5.15. The second kappa shape index (κ2) is 3.54. The minimum absolute atomic E-state index is 0.223. The van der Waals surface area contributed by atoms with Gasteiger partial charge in [-0.25, -0.2) is 0 Å². The van der Waals surface area contributed by atoms with Crippen LogP contribution in [-0.2, 0) is 0 Å². The van der Waals surface area contributed by atoms with Crippen LogP contribution in [0.5, 0.6) is 0 Å². The summed E-state index contributed by atoms with van der Waals surface area (Å²) in [5.41, 5.74) is 0.258. The van der Waals surface area contributed by atoms with Crippen LogP contribution in [0.4, 0.5) is 0 Å². The lowest BCUT2D eigenvalue weighted by molar-refractivity contribution is 0.164. The molecular weight excluding hydrogens is 200 g/mol. The highest BCUT2D eigenvalue weighted by Gasteiger charge is 2.36. The molecule has 0 bridgehead atoms. The number of halogens is 1. The lowest BCUT2D eigenvalue weighted by Gasteiger charge is -2.36. The average molecular weight is 215 g/mol. The van der Waals surface area contributed by atoms with Crippen LogP contribution in [0.15, 0.2) is 4.52 Å². The zero-order chi connectivity index (χ0) is 10.2. The van der Waals surface area contributed by atoms with Gasteiger partial charge in [0.2, 0.25) is 5.89 Å². The van der Waals surface area contributed by atoms with Crippen LogP contribution in [0, 0.1) is 5.41 Å². The molecular formula is C10H15ClN2O. The normalized spacial score (nSPS) is 26.4. The second-order valence-electron chi connectivity index (χ2n) is 4.69. The number of aromatic nitrogens is 2. The van der Waals surface area contributed by atoms with Gasteiger partial charge in [0.1, 0.15) is 0 Å². The topological polar surface area (TPSA) is 38.9 Å². The summed E-state index contributed by atoms with van der Waals surface area (Å²) in [6.45, 7) is 4.52. The average Bonchev–Trinajstić information content (AvgIpc) is 2.51. The molecule has 1 saturated carbocycles. The summed E-state index contributed by atoms with van der Waals surface area (Å²) in [4.78, 5) is 4.12. The van der Waals surface area contributed by atoms with E-state index < -0.39 is 0 Å². The van der Waals surface area contributed by atoms with Crippen molar-refractivity contribution in [2.45, 2.75) is 45.4 Å². The molecule has 14 heavy (non-hydrogen) atoms. The first-order valence-corrected chi connectivity index (χ1v) is 5.46. The number of nitrogens with zero attached hydrogens (tertiary/aromatic N) is 2. The van der Waals surface area contributed by atoms with Crippen LogP contribution in [0.2, 0.25) is 5.28 Å². The molecule has 0 saturated heterocycles. The van der Waals surface area contributed by atoms with E-state index in [1.54, 1.807) is 0 Å². The minimum atomic E-state index is 0.223. The van der Waals surface area contributed by atoms with Gasteiger partial charge < -0.3 is 4.52 Å². The highest BCUT2D eigenvalue weighted by Crippen LogP contribution is 2.46. The first-order chi connectivity index (χ1) is 6.59. The lowest BCUT2D eigenvalue weighted by atomic mass is 9.69. The Labute approximate surface area is 88.8 Å². The molecule has 1 aliphatic rings. The molecule has 0 aromatic carbocycles. The Morgan fingerprint density at radius 2 is 2.21 bits per heavy atom. The first kappa shape index (κ1) is 9.97. The third kappa shape index (κ3) is 1.78. The van der Waals surface area contributed by atoms with Gasteiger partial charge in [-0.1, -0.05) is 26.7 Å². The third-order valence-corrected chi connectivity index (χ3v) is 3.38. The molecule has 0 spiro atoms. The molecule has 1 atom stereocenters. The van der Waals surface area contributed by atoms with Gasteiger partial charge in [-0.15, -0.1) is 0 Å². The summed E-state index contributed by atoms with van der Waals surface area (Å²) in [5.74, 6) is 1.08. The predicted molar refractivity (Wildman–Crippen MR) is 54.3 cm³/mol. The van der Waals surface area contributed by atoms with Gasteiger partial charge in [0.05, 0.1) is 0 Å². The van der Waals surface area contributed by atoms with E-state index >= 15 is 0 Å². The fraction of sp³-hybridized carbons (Fsp3) is 0.800. The predicted octanol–water partition coefficient (Wildman–Crippen LogP) is 3.41. The van der Waals surface area contributed by atoms with Gasteiger partial charge >= 0.3 is 0 Å². The van der Waals surface area contributed by atoms with Crippen molar-refractivity contribution in [2.24, 2.45) is 5.41 Å². The van der Waals surface area contributed by atoms with E-state index in [-0.39, 0.29) is 10.7 Å². The Morgan fingerprint density at radius 3 is 2.79 bits per heavy atom. The SMILES string of the molecule is CC1(C)CCCCC1c1nc(Cl)no1. The van der Waals surface area contributed by atoms with E-state index in [0.29, 0.717) is 11.8 Å². The molecule has 0 N–H and O–H groups in total. The molecule has 2 rings (SSSR count). The Kier molecular flexibility index (Phi) is 2.52. The number of rotatable bonds is 1. The van der Waals surface area contributed by atoms with E-state index in [2.05, 4.69) is 24.0 Å². The summed E-state index contributed by atoms with van der Waals surface area (Å²) in [7, 11) is 0. The van der Waals surface area contributed by atoms with Crippen LogP contribution in [0.3, 0.4) is 0 Å². The standard InChI is InChI=1S/C10H15ClN2O/c1-10(2)6-4-3-5-7(10)8-12-9(11)13-14-8/h7H,3-6H2,1-2H3. The van der Waals surface area contributed by atoms with E-state index in [4.69, 9.17) is 16.1 Å². The van der Waals surface area contributed by atoms with Crippen molar-refractivity contribution in [1.29, 1.82) is 0 Å². The smallest absolute Gasteiger partial charge is 0.263 e. The zero-order valence-corrected chi connectivity index (χ0v) is 9.34. The third-order valence-electron chi connectivity index (χ3n) is 3.22. The quantitative estimate of drug-likeness (QED) is 0.719. The summed E-state index contributed by atoms with van der Waals surface area (Å²) in [5, 5.41) is 3.86. The van der Waals surface area contributed by atoms with Crippen LogP contribution >= 0.6 is 11.6 Å². The van der Waals surface area contributed by atoms with Crippen molar-refractivity contribution < 1.29 is 4.52 Å². The van der Waals surface area contributed by atoms with Gasteiger partial charge in [0.25, 0.3) is 5.28 Å². The van der Waals surface area contributed by atoms with Crippen LogP contribution in [0.25, 0.3) is 0 Å². The monoisotopic (exact) mass is 214 g/mol. The summed E-state index contributed by atoms with van der Waals surface area (Å²) in [6.07, 6.45) is 4.89. The molecule has 4 heteroatoms.